The zero-order chi connectivity index (χ0) is 14.7. The van der Waals surface area contributed by atoms with Gasteiger partial charge in [0.25, 0.3) is 0 Å². The third-order valence-corrected chi connectivity index (χ3v) is 4.80. The highest BCUT2D eigenvalue weighted by Gasteiger charge is 2.26. The van der Waals surface area contributed by atoms with Gasteiger partial charge in [-0.1, -0.05) is 31.0 Å². The maximum Gasteiger partial charge on any atom is 0.242 e. The largest absolute Gasteiger partial charge is 0.373 e. The third kappa shape index (κ3) is 3.38. The number of carbonyl (C=O) groups is 1. The molecule has 1 aliphatic heterocycles. The number of amides is 1. The lowest BCUT2D eigenvalue weighted by Crippen LogP contribution is -2.43. The molecule has 4 nitrogen and oxygen atoms in total. The van der Waals surface area contributed by atoms with E-state index in [0.29, 0.717) is 0 Å². The predicted octanol–water partition coefficient (Wildman–Crippen LogP) is 2.01. The third-order valence-electron chi connectivity index (χ3n) is 4.80. The fraction of sp³-hybridized carbons (Fsp3) is 0.588. The van der Waals surface area contributed by atoms with Gasteiger partial charge in [0.05, 0.1) is 0 Å². The summed E-state index contributed by atoms with van der Waals surface area (Å²) in [6.45, 7) is 1.68. The van der Waals surface area contributed by atoms with E-state index in [4.69, 9.17) is 0 Å². The Hall–Kier alpha value is -1.55. The van der Waals surface area contributed by atoms with Gasteiger partial charge in [0.2, 0.25) is 5.91 Å². The van der Waals surface area contributed by atoms with Crippen LogP contribution in [0.15, 0.2) is 24.3 Å². The molecule has 1 aliphatic carbocycles. The quantitative estimate of drug-likeness (QED) is 0.871. The minimum Gasteiger partial charge on any atom is -0.373 e. The van der Waals surface area contributed by atoms with E-state index >= 15 is 0 Å². The van der Waals surface area contributed by atoms with Crippen LogP contribution in [0.25, 0.3) is 0 Å². The molecule has 1 aromatic rings. The minimum atomic E-state index is -0.112. The van der Waals surface area contributed by atoms with Gasteiger partial charge in [0.1, 0.15) is 6.04 Å². The summed E-state index contributed by atoms with van der Waals surface area (Å²) in [5.74, 6) is 0.117. The summed E-state index contributed by atoms with van der Waals surface area (Å²) in [4.78, 5) is 14.6. The Bertz CT molecular complexity index is 472. The Morgan fingerprint density at radius 2 is 2.10 bits per heavy atom. The summed E-state index contributed by atoms with van der Waals surface area (Å²) in [7, 11) is 2.17. The number of rotatable bonds is 5. The zero-order valence-corrected chi connectivity index (χ0v) is 12.8. The van der Waals surface area contributed by atoms with E-state index in [1.165, 1.54) is 31.2 Å². The second-order valence-corrected chi connectivity index (χ2v) is 6.27. The first-order chi connectivity index (χ1) is 10.2. The summed E-state index contributed by atoms with van der Waals surface area (Å²) >= 11 is 0. The van der Waals surface area contributed by atoms with Crippen LogP contribution in [0.1, 0.15) is 31.2 Å². The van der Waals surface area contributed by atoms with E-state index in [9.17, 15) is 4.79 Å². The highest BCUT2D eigenvalue weighted by Crippen LogP contribution is 2.25. The highest BCUT2D eigenvalue weighted by molar-refractivity contribution is 5.87. The van der Waals surface area contributed by atoms with Crippen molar-refractivity contribution in [1.29, 1.82) is 0 Å². The number of hydrogen-bond donors (Lipinski definition) is 2. The summed E-state index contributed by atoms with van der Waals surface area (Å²) in [5, 5.41) is 6.37. The van der Waals surface area contributed by atoms with Crippen LogP contribution in [0.4, 0.5) is 5.69 Å². The number of hydrogen-bond acceptors (Lipinski definition) is 3. The Labute approximate surface area is 126 Å². The Kier molecular flexibility index (Phi) is 4.44. The molecule has 1 saturated carbocycles. The van der Waals surface area contributed by atoms with Gasteiger partial charge < -0.3 is 15.5 Å². The molecule has 3 rings (SSSR count). The number of fused-ring (bicyclic) bond motifs is 1. The van der Waals surface area contributed by atoms with Crippen molar-refractivity contribution < 1.29 is 4.79 Å². The van der Waals surface area contributed by atoms with E-state index in [2.05, 4.69) is 28.6 Å². The Morgan fingerprint density at radius 1 is 1.33 bits per heavy atom. The lowest BCUT2D eigenvalue weighted by molar-refractivity contribution is -0.121. The number of anilines is 1. The monoisotopic (exact) mass is 287 g/mol. The molecular weight excluding hydrogens is 262 g/mol. The standard InChI is InChI=1S/C17H25N3O/c1-20(14-7-3-4-8-14)11-10-18-17(21)16-12-13-6-2-5-9-15(13)19-16/h2,5-6,9,14,16,19H,3-4,7-8,10-12H2,1H3,(H,18,21)/t16-/m0/s1. The molecule has 1 atom stereocenters. The second kappa shape index (κ2) is 6.48. The maximum absolute atomic E-state index is 12.2. The van der Waals surface area contributed by atoms with E-state index < -0.39 is 0 Å². The average Bonchev–Trinajstić information content (AvgIpc) is 3.16. The fourth-order valence-electron chi connectivity index (χ4n) is 3.46. The molecule has 1 aromatic carbocycles. The molecular formula is C17H25N3O. The molecule has 2 aliphatic rings. The second-order valence-electron chi connectivity index (χ2n) is 6.27. The first-order valence-electron chi connectivity index (χ1n) is 8.06. The Balaban J connectivity index is 1.41. The molecule has 0 unspecified atom stereocenters. The highest BCUT2D eigenvalue weighted by atomic mass is 16.2. The molecule has 1 fully saturated rings. The van der Waals surface area contributed by atoms with Crippen LogP contribution in [0.2, 0.25) is 0 Å². The van der Waals surface area contributed by atoms with Crippen molar-refractivity contribution in [1.82, 2.24) is 10.2 Å². The molecule has 1 amide bonds. The molecule has 0 saturated heterocycles. The van der Waals surface area contributed by atoms with Crippen molar-refractivity contribution in [2.45, 2.75) is 44.2 Å². The van der Waals surface area contributed by atoms with Crippen molar-refractivity contribution >= 4 is 11.6 Å². The summed E-state index contributed by atoms with van der Waals surface area (Å²) in [5.41, 5.74) is 2.33. The minimum absolute atomic E-state index is 0.112. The number of benzene rings is 1. The fourth-order valence-corrected chi connectivity index (χ4v) is 3.46. The first-order valence-corrected chi connectivity index (χ1v) is 8.06. The number of nitrogens with one attached hydrogen (secondary N) is 2. The summed E-state index contributed by atoms with van der Waals surface area (Å²) in [6, 6.07) is 8.76. The molecule has 4 heteroatoms. The first kappa shape index (κ1) is 14.4. The van der Waals surface area contributed by atoms with Crippen molar-refractivity contribution in [2.24, 2.45) is 0 Å². The summed E-state index contributed by atoms with van der Waals surface area (Å²) < 4.78 is 0. The topological polar surface area (TPSA) is 44.4 Å². The molecule has 2 N–H and O–H groups in total. The number of nitrogens with zero attached hydrogens (tertiary/aromatic N) is 1. The molecule has 0 spiro atoms. The van der Waals surface area contributed by atoms with Crippen LogP contribution in [-0.4, -0.2) is 43.0 Å². The van der Waals surface area contributed by atoms with Crippen LogP contribution < -0.4 is 10.6 Å². The van der Waals surface area contributed by atoms with Gasteiger partial charge >= 0.3 is 0 Å². The van der Waals surface area contributed by atoms with Crippen LogP contribution in [0, 0.1) is 0 Å². The molecule has 0 aromatic heterocycles. The lowest BCUT2D eigenvalue weighted by Gasteiger charge is -2.24. The van der Waals surface area contributed by atoms with Gasteiger partial charge in [0, 0.05) is 31.2 Å². The van der Waals surface area contributed by atoms with Crippen molar-refractivity contribution in [3.8, 4) is 0 Å². The Morgan fingerprint density at radius 3 is 2.86 bits per heavy atom. The smallest absolute Gasteiger partial charge is 0.242 e. The van der Waals surface area contributed by atoms with E-state index in [1.807, 2.05) is 18.2 Å². The van der Waals surface area contributed by atoms with Crippen LogP contribution in [0.5, 0.6) is 0 Å². The van der Waals surface area contributed by atoms with Crippen LogP contribution >= 0.6 is 0 Å². The average molecular weight is 287 g/mol. The van der Waals surface area contributed by atoms with Gasteiger partial charge in [-0.3, -0.25) is 4.79 Å². The number of para-hydroxylation sites is 1. The van der Waals surface area contributed by atoms with Gasteiger partial charge in [0.15, 0.2) is 0 Å². The molecule has 1 heterocycles. The van der Waals surface area contributed by atoms with Crippen LogP contribution in [-0.2, 0) is 11.2 Å². The van der Waals surface area contributed by atoms with Gasteiger partial charge in [-0.05, 0) is 31.5 Å². The lowest BCUT2D eigenvalue weighted by atomic mass is 10.1. The molecule has 0 radical (unpaired) electrons. The molecule has 114 valence electrons. The van der Waals surface area contributed by atoms with Gasteiger partial charge in [-0.25, -0.2) is 0 Å². The molecule has 0 bridgehead atoms. The predicted molar refractivity (Wildman–Crippen MR) is 85.5 cm³/mol. The van der Waals surface area contributed by atoms with E-state index in [1.54, 1.807) is 0 Å². The normalized spacial score (nSPS) is 21.3. The number of likely N-dealkylation sites (N-methyl/N-ethyl adjacent to an activating group) is 1. The van der Waals surface area contributed by atoms with Crippen molar-refractivity contribution in [3.05, 3.63) is 29.8 Å². The number of carbonyl (C=O) groups excluding carboxylic acids is 1. The van der Waals surface area contributed by atoms with Crippen molar-refractivity contribution in [3.63, 3.8) is 0 Å². The van der Waals surface area contributed by atoms with Crippen LogP contribution in [0.3, 0.4) is 0 Å². The molecule has 21 heavy (non-hydrogen) atoms. The van der Waals surface area contributed by atoms with Crippen molar-refractivity contribution in [2.75, 3.05) is 25.5 Å². The summed E-state index contributed by atoms with van der Waals surface area (Å²) in [6.07, 6.45) is 6.12. The zero-order valence-electron chi connectivity index (χ0n) is 12.8. The van der Waals surface area contributed by atoms with E-state index in [0.717, 1.165) is 31.2 Å². The van der Waals surface area contributed by atoms with Gasteiger partial charge in [-0.15, -0.1) is 0 Å². The maximum atomic E-state index is 12.2. The SMILES string of the molecule is CN(CCNC(=O)[C@@H]1Cc2ccccc2N1)C1CCCC1. The van der Waals surface area contributed by atoms with E-state index in [-0.39, 0.29) is 11.9 Å². The van der Waals surface area contributed by atoms with Gasteiger partial charge in [-0.2, -0.15) is 0 Å².